The summed E-state index contributed by atoms with van der Waals surface area (Å²) in [6.07, 6.45) is 7.05. The Morgan fingerprint density at radius 1 is 1.25 bits per heavy atom. The van der Waals surface area contributed by atoms with Crippen LogP contribution in [-0.4, -0.2) is 23.6 Å². The molecule has 0 aromatic carbocycles. The van der Waals surface area contributed by atoms with E-state index in [0.717, 1.165) is 12.8 Å². The van der Waals surface area contributed by atoms with Crippen LogP contribution in [0.1, 0.15) is 45.4 Å². The van der Waals surface area contributed by atoms with Gasteiger partial charge in [0.25, 0.3) is 5.69 Å². The first-order valence-corrected chi connectivity index (χ1v) is 7.14. The zero-order chi connectivity index (χ0) is 14.8. The molecule has 0 aliphatic heterocycles. The summed E-state index contributed by atoms with van der Waals surface area (Å²) in [6, 6.07) is 2.75. The SMILES string of the molecule is CCCCCCCCOc1cc([N+](=O)[O-])cc(NC)n1. The van der Waals surface area contributed by atoms with Crippen LogP contribution in [0, 0.1) is 10.1 Å². The van der Waals surface area contributed by atoms with Crippen molar-refractivity contribution >= 4 is 11.5 Å². The molecule has 0 bridgehead atoms. The quantitative estimate of drug-likeness (QED) is 0.401. The molecule has 6 nitrogen and oxygen atoms in total. The number of unbranched alkanes of at least 4 members (excludes halogenated alkanes) is 5. The highest BCUT2D eigenvalue weighted by Gasteiger charge is 2.11. The molecule has 0 unspecified atom stereocenters. The number of rotatable bonds is 10. The van der Waals surface area contributed by atoms with Crippen molar-refractivity contribution in [1.29, 1.82) is 0 Å². The predicted molar refractivity (Wildman–Crippen MR) is 79.3 cm³/mol. The molecule has 0 atom stereocenters. The molecule has 1 aromatic rings. The van der Waals surface area contributed by atoms with Gasteiger partial charge in [-0.3, -0.25) is 10.1 Å². The number of aromatic nitrogens is 1. The second kappa shape index (κ2) is 9.12. The maximum atomic E-state index is 10.8. The van der Waals surface area contributed by atoms with E-state index in [9.17, 15) is 10.1 Å². The van der Waals surface area contributed by atoms with E-state index < -0.39 is 4.92 Å². The summed E-state index contributed by atoms with van der Waals surface area (Å²) >= 11 is 0. The fraction of sp³-hybridized carbons (Fsp3) is 0.643. The molecular formula is C14H23N3O3. The first kappa shape index (κ1) is 16.2. The van der Waals surface area contributed by atoms with Gasteiger partial charge < -0.3 is 10.1 Å². The van der Waals surface area contributed by atoms with Crippen molar-refractivity contribution in [1.82, 2.24) is 4.98 Å². The molecule has 20 heavy (non-hydrogen) atoms. The Hall–Kier alpha value is -1.85. The van der Waals surface area contributed by atoms with E-state index >= 15 is 0 Å². The third kappa shape index (κ3) is 5.86. The zero-order valence-corrected chi connectivity index (χ0v) is 12.2. The maximum absolute atomic E-state index is 10.8. The molecule has 6 heteroatoms. The summed E-state index contributed by atoms with van der Waals surface area (Å²) in [7, 11) is 1.67. The lowest BCUT2D eigenvalue weighted by Gasteiger charge is -2.07. The average Bonchev–Trinajstić information content (AvgIpc) is 2.46. The zero-order valence-electron chi connectivity index (χ0n) is 12.2. The number of hydrogen-bond acceptors (Lipinski definition) is 5. The van der Waals surface area contributed by atoms with Gasteiger partial charge in [-0.05, 0) is 6.42 Å². The Labute approximate surface area is 119 Å². The van der Waals surface area contributed by atoms with Gasteiger partial charge >= 0.3 is 0 Å². The van der Waals surface area contributed by atoms with Crippen LogP contribution in [0.5, 0.6) is 5.88 Å². The van der Waals surface area contributed by atoms with Crippen LogP contribution in [0.25, 0.3) is 0 Å². The number of hydrogen-bond donors (Lipinski definition) is 1. The van der Waals surface area contributed by atoms with Gasteiger partial charge in [-0.2, -0.15) is 4.98 Å². The highest BCUT2D eigenvalue weighted by atomic mass is 16.6. The highest BCUT2D eigenvalue weighted by Crippen LogP contribution is 2.22. The van der Waals surface area contributed by atoms with Crippen molar-refractivity contribution in [3.8, 4) is 5.88 Å². The number of nitrogens with zero attached hydrogens (tertiary/aromatic N) is 2. The summed E-state index contributed by atoms with van der Waals surface area (Å²) in [5.74, 6) is 0.745. The summed E-state index contributed by atoms with van der Waals surface area (Å²) in [4.78, 5) is 14.5. The van der Waals surface area contributed by atoms with Crippen LogP contribution in [0.15, 0.2) is 12.1 Å². The Morgan fingerprint density at radius 2 is 1.95 bits per heavy atom. The molecule has 0 fully saturated rings. The van der Waals surface area contributed by atoms with E-state index in [1.165, 1.54) is 37.8 Å². The van der Waals surface area contributed by atoms with Crippen LogP contribution in [0.4, 0.5) is 11.5 Å². The Morgan fingerprint density at radius 3 is 2.60 bits per heavy atom. The van der Waals surface area contributed by atoms with Gasteiger partial charge in [0.15, 0.2) is 0 Å². The lowest BCUT2D eigenvalue weighted by Crippen LogP contribution is -2.02. The van der Waals surface area contributed by atoms with Crippen molar-refractivity contribution in [2.75, 3.05) is 19.0 Å². The summed E-state index contributed by atoms with van der Waals surface area (Å²) in [6.45, 7) is 2.74. The molecule has 1 heterocycles. The molecule has 0 saturated heterocycles. The molecule has 0 spiro atoms. The van der Waals surface area contributed by atoms with Crippen LogP contribution in [0.2, 0.25) is 0 Å². The highest BCUT2D eigenvalue weighted by molar-refractivity contribution is 5.47. The van der Waals surface area contributed by atoms with Crippen LogP contribution >= 0.6 is 0 Å². The normalized spacial score (nSPS) is 10.3. The van der Waals surface area contributed by atoms with Gasteiger partial charge in [-0.25, -0.2) is 0 Å². The first-order valence-electron chi connectivity index (χ1n) is 7.14. The van der Waals surface area contributed by atoms with Crippen molar-refractivity contribution in [2.45, 2.75) is 45.4 Å². The number of nitrogens with one attached hydrogen (secondary N) is 1. The standard InChI is InChI=1S/C14H23N3O3/c1-3-4-5-6-7-8-9-20-14-11-12(17(18)19)10-13(15-2)16-14/h10-11H,3-9H2,1-2H3,(H,15,16). The van der Waals surface area contributed by atoms with Crippen LogP contribution < -0.4 is 10.1 Å². The van der Waals surface area contributed by atoms with Crippen LogP contribution in [0.3, 0.4) is 0 Å². The van der Waals surface area contributed by atoms with Gasteiger partial charge in [0.05, 0.1) is 23.7 Å². The van der Waals surface area contributed by atoms with Gasteiger partial charge in [-0.15, -0.1) is 0 Å². The molecular weight excluding hydrogens is 258 g/mol. The minimum atomic E-state index is -0.444. The monoisotopic (exact) mass is 281 g/mol. The molecule has 0 aliphatic carbocycles. The van der Waals surface area contributed by atoms with E-state index in [-0.39, 0.29) is 5.69 Å². The number of pyridine rings is 1. The lowest BCUT2D eigenvalue weighted by atomic mass is 10.1. The minimum absolute atomic E-state index is 0.0118. The third-order valence-electron chi connectivity index (χ3n) is 3.00. The van der Waals surface area contributed by atoms with Crippen molar-refractivity contribution in [2.24, 2.45) is 0 Å². The number of anilines is 1. The molecule has 1 aromatic heterocycles. The van der Waals surface area contributed by atoms with Gasteiger partial charge in [0.2, 0.25) is 5.88 Å². The molecule has 0 saturated carbocycles. The summed E-state index contributed by atoms with van der Waals surface area (Å²) in [5.41, 5.74) is -0.0118. The maximum Gasteiger partial charge on any atom is 0.278 e. The van der Waals surface area contributed by atoms with Crippen molar-refractivity contribution in [3.63, 3.8) is 0 Å². The van der Waals surface area contributed by atoms with E-state index in [0.29, 0.717) is 18.3 Å². The van der Waals surface area contributed by atoms with E-state index in [2.05, 4.69) is 17.2 Å². The van der Waals surface area contributed by atoms with Gasteiger partial charge in [0, 0.05) is 7.05 Å². The molecule has 112 valence electrons. The molecule has 0 aliphatic rings. The fourth-order valence-corrected chi connectivity index (χ4v) is 1.86. The van der Waals surface area contributed by atoms with E-state index in [4.69, 9.17) is 4.74 Å². The minimum Gasteiger partial charge on any atom is -0.477 e. The van der Waals surface area contributed by atoms with Gasteiger partial charge in [-0.1, -0.05) is 39.0 Å². The molecule has 1 rings (SSSR count). The second-order valence-corrected chi connectivity index (χ2v) is 4.67. The Balaban J connectivity index is 2.39. The smallest absolute Gasteiger partial charge is 0.278 e. The number of ether oxygens (including phenoxy) is 1. The molecule has 1 N–H and O–H groups in total. The van der Waals surface area contributed by atoms with Crippen molar-refractivity contribution in [3.05, 3.63) is 22.2 Å². The number of nitro groups is 1. The van der Waals surface area contributed by atoms with Gasteiger partial charge in [0.1, 0.15) is 5.82 Å². The topological polar surface area (TPSA) is 77.3 Å². The largest absolute Gasteiger partial charge is 0.477 e. The Bertz CT molecular complexity index is 424. The van der Waals surface area contributed by atoms with E-state index in [1.54, 1.807) is 7.05 Å². The molecule has 0 amide bonds. The summed E-state index contributed by atoms with van der Waals surface area (Å²) in [5, 5.41) is 13.6. The average molecular weight is 281 g/mol. The first-order chi connectivity index (χ1) is 9.67. The molecule has 0 radical (unpaired) electrons. The summed E-state index contributed by atoms with van der Waals surface area (Å²) < 4.78 is 5.49. The van der Waals surface area contributed by atoms with E-state index in [1.807, 2.05) is 0 Å². The van der Waals surface area contributed by atoms with Crippen LogP contribution in [-0.2, 0) is 0 Å². The predicted octanol–water partition coefficient (Wildman–Crippen LogP) is 3.77. The lowest BCUT2D eigenvalue weighted by molar-refractivity contribution is -0.384. The second-order valence-electron chi connectivity index (χ2n) is 4.67. The Kier molecular flexibility index (Phi) is 7.39. The van der Waals surface area contributed by atoms with Crippen molar-refractivity contribution < 1.29 is 9.66 Å². The third-order valence-corrected chi connectivity index (χ3v) is 3.00. The fourth-order valence-electron chi connectivity index (χ4n) is 1.86.